The lowest BCUT2D eigenvalue weighted by Crippen LogP contribution is -2.34. The van der Waals surface area contributed by atoms with Gasteiger partial charge in [0.25, 0.3) is 0 Å². The fourth-order valence-electron chi connectivity index (χ4n) is 2.79. The van der Waals surface area contributed by atoms with Crippen LogP contribution in [0.15, 0.2) is 30.3 Å². The molecule has 154 valence electrons. The number of halogens is 1. The number of unbranched alkanes of at least 4 members (excludes halogenated alkanes) is 6. The molecule has 7 heteroatoms. The molecule has 0 spiro atoms. The van der Waals surface area contributed by atoms with E-state index in [1.54, 1.807) is 4.90 Å². The molecule has 0 N–H and O–H groups in total. The molecule has 0 saturated carbocycles. The van der Waals surface area contributed by atoms with Gasteiger partial charge in [0.1, 0.15) is 6.61 Å². The van der Waals surface area contributed by atoms with Crippen molar-refractivity contribution in [2.24, 2.45) is 0 Å². The van der Waals surface area contributed by atoms with E-state index >= 15 is 0 Å². The number of carbonyl (C=O) groups excluding carboxylic acids is 1. The predicted octanol–water partition coefficient (Wildman–Crippen LogP) is 5.33. The molecule has 0 bridgehead atoms. The molecule has 0 aliphatic rings. The lowest BCUT2D eigenvalue weighted by Gasteiger charge is -2.22. The first-order valence-corrected chi connectivity index (χ1v) is 12.3. The Morgan fingerprint density at radius 1 is 0.963 bits per heavy atom. The van der Waals surface area contributed by atoms with Gasteiger partial charge < -0.3 is 9.64 Å². The molecule has 0 aliphatic heterocycles. The van der Waals surface area contributed by atoms with Crippen molar-refractivity contribution in [1.29, 1.82) is 0 Å². The Balaban J connectivity index is 2.41. The van der Waals surface area contributed by atoms with Crippen LogP contribution < -0.4 is 0 Å². The summed E-state index contributed by atoms with van der Waals surface area (Å²) in [5, 5.41) is 0. The molecule has 1 amide bonds. The van der Waals surface area contributed by atoms with Crippen molar-refractivity contribution in [1.82, 2.24) is 4.90 Å². The van der Waals surface area contributed by atoms with E-state index in [2.05, 4.69) is 6.92 Å². The molecule has 0 aromatic heterocycles. The first-order chi connectivity index (χ1) is 12.9. The molecular formula is C20H32ClNO4S. The number of benzene rings is 1. The van der Waals surface area contributed by atoms with E-state index in [-0.39, 0.29) is 12.4 Å². The van der Waals surface area contributed by atoms with Crippen molar-refractivity contribution in [3.8, 4) is 0 Å². The third-order valence-electron chi connectivity index (χ3n) is 4.31. The first-order valence-electron chi connectivity index (χ1n) is 9.80. The van der Waals surface area contributed by atoms with Gasteiger partial charge >= 0.3 is 6.09 Å². The summed E-state index contributed by atoms with van der Waals surface area (Å²) in [6.45, 7) is 3.31. The molecule has 1 aromatic rings. The predicted molar refractivity (Wildman–Crippen MR) is 110 cm³/mol. The van der Waals surface area contributed by atoms with Crippen LogP contribution in [0.1, 0.15) is 63.9 Å². The second-order valence-corrected chi connectivity index (χ2v) is 9.64. The van der Waals surface area contributed by atoms with Gasteiger partial charge in [-0.3, -0.25) is 0 Å². The maximum absolute atomic E-state index is 12.4. The monoisotopic (exact) mass is 417 g/mol. The molecule has 27 heavy (non-hydrogen) atoms. The summed E-state index contributed by atoms with van der Waals surface area (Å²) in [5.74, 6) is -0.145. The molecule has 0 saturated heterocycles. The highest BCUT2D eigenvalue weighted by atomic mass is 35.7. The van der Waals surface area contributed by atoms with Crippen LogP contribution in [-0.4, -0.2) is 38.3 Å². The topological polar surface area (TPSA) is 63.7 Å². The number of rotatable bonds is 14. The number of carbonyl (C=O) groups is 1. The largest absolute Gasteiger partial charge is 0.445 e. The minimum Gasteiger partial charge on any atom is -0.445 e. The molecule has 0 unspecified atom stereocenters. The highest BCUT2D eigenvalue weighted by Gasteiger charge is 2.16. The average Bonchev–Trinajstić information content (AvgIpc) is 2.64. The summed E-state index contributed by atoms with van der Waals surface area (Å²) < 4.78 is 27.6. The number of ether oxygens (including phenoxy) is 1. The second kappa shape index (κ2) is 13.8. The Morgan fingerprint density at radius 3 is 2.19 bits per heavy atom. The van der Waals surface area contributed by atoms with Crippen LogP contribution in [0.5, 0.6) is 0 Å². The normalized spacial score (nSPS) is 11.3. The molecular weight excluding hydrogens is 386 g/mol. The Morgan fingerprint density at radius 2 is 1.56 bits per heavy atom. The van der Waals surface area contributed by atoms with Crippen LogP contribution in [-0.2, 0) is 20.4 Å². The van der Waals surface area contributed by atoms with Gasteiger partial charge in [-0.25, -0.2) is 13.2 Å². The van der Waals surface area contributed by atoms with Crippen LogP contribution in [0.25, 0.3) is 0 Å². The highest BCUT2D eigenvalue weighted by Crippen LogP contribution is 2.10. The fourth-order valence-corrected chi connectivity index (χ4v) is 3.59. The molecule has 1 rings (SSSR count). The number of hydrogen-bond acceptors (Lipinski definition) is 4. The summed E-state index contributed by atoms with van der Waals surface area (Å²) in [5.41, 5.74) is 0.921. The first kappa shape index (κ1) is 23.8. The quantitative estimate of drug-likeness (QED) is 0.303. The Hall–Kier alpha value is -1.27. The van der Waals surface area contributed by atoms with Crippen molar-refractivity contribution in [2.45, 2.75) is 64.9 Å². The zero-order valence-corrected chi connectivity index (χ0v) is 17.8. The van der Waals surface area contributed by atoms with E-state index in [0.717, 1.165) is 24.8 Å². The van der Waals surface area contributed by atoms with Gasteiger partial charge in [-0.05, 0) is 18.4 Å². The Kier molecular flexibility index (Phi) is 12.2. The number of amides is 1. The maximum atomic E-state index is 12.4. The summed E-state index contributed by atoms with van der Waals surface area (Å²) in [6.07, 6.45) is 7.97. The summed E-state index contributed by atoms with van der Waals surface area (Å²) in [4.78, 5) is 14.0. The molecule has 5 nitrogen and oxygen atoms in total. The fraction of sp³-hybridized carbons (Fsp3) is 0.650. The van der Waals surface area contributed by atoms with E-state index in [4.69, 9.17) is 15.4 Å². The van der Waals surface area contributed by atoms with Crippen LogP contribution in [0.4, 0.5) is 4.79 Å². The Bertz CT molecular complexity index is 622. The average molecular weight is 418 g/mol. The highest BCUT2D eigenvalue weighted by molar-refractivity contribution is 8.13. The molecule has 0 fully saturated rings. The molecule has 0 aliphatic carbocycles. The van der Waals surface area contributed by atoms with Gasteiger partial charge in [-0.15, -0.1) is 0 Å². The van der Waals surface area contributed by atoms with E-state index in [1.807, 2.05) is 30.3 Å². The zero-order chi connectivity index (χ0) is 20.0. The molecule has 1 aromatic carbocycles. The lowest BCUT2D eigenvalue weighted by atomic mass is 10.1. The smallest absolute Gasteiger partial charge is 0.410 e. The van der Waals surface area contributed by atoms with Crippen molar-refractivity contribution < 1.29 is 17.9 Å². The lowest BCUT2D eigenvalue weighted by molar-refractivity contribution is 0.0955. The SMILES string of the molecule is CCCCCCCCCN(CCCS(=O)(=O)Cl)C(=O)OCc1ccccc1. The van der Waals surface area contributed by atoms with Crippen molar-refractivity contribution in [3.05, 3.63) is 35.9 Å². The van der Waals surface area contributed by atoms with Crippen LogP contribution >= 0.6 is 10.7 Å². The number of nitrogens with zero attached hydrogens (tertiary/aromatic N) is 1. The van der Waals surface area contributed by atoms with Crippen LogP contribution in [0.3, 0.4) is 0 Å². The van der Waals surface area contributed by atoms with Crippen molar-refractivity contribution in [2.75, 3.05) is 18.8 Å². The van der Waals surface area contributed by atoms with Gasteiger partial charge in [-0.1, -0.05) is 75.8 Å². The molecule has 0 radical (unpaired) electrons. The van der Waals surface area contributed by atoms with Gasteiger partial charge in [0.15, 0.2) is 0 Å². The Labute approximate surface area is 168 Å². The van der Waals surface area contributed by atoms with E-state index in [9.17, 15) is 13.2 Å². The zero-order valence-electron chi connectivity index (χ0n) is 16.2. The van der Waals surface area contributed by atoms with Crippen molar-refractivity contribution in [3.63, 3.8) is 0 Å². The molecule has 0 atom stereocenters. The standard InChI is InChI=1S/C20H32ClNO4S/c1-2-3-4-5-6-7-11-15-22(16-12-17-27(21,24)25)20(23)26-18-19-13-9-8-10-14-19/h8-10,13-14H,2-7,11-12,15-18H2,1H3. The minimum atomic E-state index is -3.55. The second-order valence-electron chi connectivity index (χ2n) is 6.75. The maximum Gasteiger partial charge on any atom is 0.410 e. The third kappa shape index (κ3) is 12.7. The van der Waals surface area contributed by atoms with E-state index in [0.29, 0.717) is 19.5 Å². The van der Waals surface area contributed by atoms with Crippen LogP contribution in [0, 0.1) is 0 Å². The summed E-state index contributed by atoms with van der Waals surface area (Å²) in [6, 6.07) is 9.49. The minimum absolute atomic E-state index is 0.145. The van der Waals surface area contributed by atoms with Gasteiger partial charge in [0, 0.05) is 23.8 Å². The van der Waals surface area contributed by atoms with Crippen LogP contribution in [0.2, 0.25) is 0 Å². The van der Waals surface area contributed by atoms with Gasteiger partial charge in [-0.2, -0.15) is 0 Å². The van der Waals surface area contributed by atoms with E-state index in [1.165, 1.54) is 25.7 Å². The van der Waals surface area contributed by atoms with E-state index < -0.39 is 15.1 Å². The number of hydrogen-bond donors (Lipinski definition) is 0. The van der Waals surface area contributed by atoms with Crippen molar-refractivity contribution >= 4 is 25.8 Å². The van der Waals surface area contributed by atoms with Gasteiger partial charge in [0.05, 0.1) is 5.75 Å². The summed E-state index contributed by atoms with van der Waals surface area (Å²) >= 11 is 0. The molecule has 0 heterocycles. The summed E-state index contributed by atoms with van der Waals surface area (Å²) in [7, 11) is 1.72. The third-order valence-corrected chi connectivity index (χ3v) is 5.55. The van der Waals surface area contributed by atoms with Gasteiger partial charge in [0.2, 0.25) is 9.05 Å².